The summed E-state index contributed by atoms with van der Waals surface area (Å²) in [7, 11) is 2.16. The fourth-order valence-corrected chi connectivity index (χ4v) is 8.83. The fraction of sp³-hybridized carbons (Fsp3) is 0.113. The lowest BCUT2D eigenvalue weighted by Gasteiger charge is -2.26. The highest BCUT2D eigenvalue weighted by Gasteiger charge is 2.18. The number of anilines is 6. The molecule has 0 spiro atoms. The molecule has 0 bridgehead atoms. The van der Waals surface area contributed by atoms with Gasteiger partial charge in [-0.1, -0.05) is 207 Å². The van der Waals surface area contributed by atoms with E-state index in [0.29, 0.717) is 0 Å². The van der Waals surface area contributed by atoms with Gasteiger partial charge in [-0.3, -0.25) is 0 Å². The van der Waals surface area contributed by atoms with Crippen molar-refractivity contribution < 1.29 is 0 Å². The molecule has 0 aliphatic carbocycles. The molecule has 0 unspecified atom stereocenters. The zero-order valence-electron chi connectivity index (χ0n) is 45.6. The van der Waals surface area contributed by atoms with Gasteiger partial charge in [0, 0.05) is 75.0 Å². The van der Waals surface area contributed by atoms with Gasteiger partial charge in [0.2, 0.25) is 0 Å². The minimum Gasteiger partial charge on any atom is -0.344 e. The monoisotopic (exact) mass is 1010 g/mol. The van der Waals surface area contributed by atoms with Gasteiger partial charge in [0.25, 0.3) is 0 Å². The van der Waals surface area contributed by atoms with Gasteiger partial charge in [-0.2, -0.15) is 0 Å². The highest BCUT2D eigenvalue weighted by atomic mass is 15.1. The van der Waals surface area contributed by atoms with Gasteiger partial charge < -0.3 is 14.4 Å². The standard InChI is InChI=1S/C37H29N3.C16H16.C13H13N3.C3H6.C2H6/c1-38-36-24-22-32(39(28-14-6-2-7-15-28)29-16-8-3-9-17-29)26-34(36)35-27-33(23-25-37(35)38)40(30-18-10-4-11-19-30)31-20-12-5-13-21-31;1-13-7-3-4-8-14(2)12-16-10-6-5-9-15(16)11-13;1-2-3-9-12-14-10-15-13(16-12)11-7-5-4-6-8-11;1-3-2;1-2/h2-27H,1H3;3-12H,1-2H3;2-8,10H,9H2,1H3;3H,1H2,2H3;1-2H3/b;;3-2-;;. The summed E-state index contributed by atoms with van der Waals surface area (Å²) in [6.45, 7) is 15.5. The van der Waals surface area contributed by atoms with Crippen molar-refractivity contribution in [2.75, 3.05) is 9.80 Å². The van der Waals surface area contributed by atoms with E-state index in [2.05, 4.69) is 275 Å². The maximum absolute atomic E-state index is 4.41. The van der Waals surface area contributed by atoms with Crippen LogP contribution >= 0.6 is 0 Å². The van der Waals surface area contributed by atoms with Crippen LogP contribution in [0, 0.1) is 13.8 Å². The molecule has 0 amide bonds. The van der Waals surface area contributed by atoms with E-state index >= 15 is 0 Å². The molecule has 384 valence electrons. The number of aromatic nitrogens is 4. The molecule has 0 aliphatic heterocycles. The van der Waals surface area contributed by atoms with Crippen molar-refractivity contribution in [3.05, 3.63) is 297 Å². The lowest BCUT2D eigenvalue weighted by Crippen LogP contribution is -2.09. The molecule has 11 aromatic rings. The Balaban J connectivity index is 0.000000191. The maximum atomic E-state index is 4.41. The quantitative estimate of drug-likeness (QED) is 0.135. The third-order valence-corrected chi connectivity index (χ3v) is 12.3. The molecular formula is C71H70N6. The van der Waals surface area contributed by atoms with E-state index in [1.54, 1.807) is 12.4 Å². The van der Waals surface area contributed by atoms with Crippen LogP contribution in [0.4, 0.5) is 34.1 Å². The Hall–Kier alpha value is -9.39. The minimum atomic E-state index is 0.732. The first-order chi connectivity index (χ1) is 37.8. The van der Waals surface area contributed by atoms with Crippen molar-refractivity contribution in [3.8, 4) is 11.4 Å². The molecule has 0 atom stereocenters. The summed E-state index contributed by atoms with van der Waals surface area (Å²) in [6, 6.07) is 87.1. The number of fused-ring (bicyclic) bond motifs is 4. The van der Waals surface area contributed by atoms with Crippen LogP contribution in [0.25, 0.3) is 44.0 Å². The number of nitrogens with zero attached hydrogens (tertiary/aromatic N) is 6. The molecule has 0 saturated carbocycles. The predicted molar refractivity (Wildman–Crippen MR) is 332 cm³/mol. The predicted octanol–water partition coefficient (Wildman–Crippen LogP) is 19.7. The Morgan fingerprint density at radius 2 is 0.805 bits per heavy atom. The van der Waals surface area contributed by atoms with Crippen LogP contribution in [-0.4, -0.2) is 19.5 Å². The van der Waals surface area contributed by atoms with E-state index in [1.807, 2.05) is 70.2 Å². The highest BCUT2D eigenvalue weighted by molar-refractivity contribution is 6.11. The van der Waals surface area contributed by atoms with Crippen LogP contribution in [0.1, 0.15) is 44.6 Å². The molecule has 9 aromatic carbocycles. The molecule has 6 nitrogen and oxygen atoms in total. The Bertz CT molecular complexity index is 3380. The Labute approximate surface area is 457 Å². The van der Waals surface area contributed by atoms with Crippen LogP contribution in [0.5, 0.6) is 0 Å². The molecule has 0 radical (unpaired) electrons. The summed E-state index contributed by atoms with van der Waals surface area (Å²) in [5, 5.41) is 5.02. The Morgan fingerprint density at radius 3 is 1.19 bits per heavy atom. The summed E-state index contributed by atoms with van der Waals surface area (Å²) in [6.07, 6.45) is 8.09. The molecule has 0 saturated heterocycles. The first-order valence-electron chi connectivity index (χ1n) is 26.4. The molecule has 6 heteroatoms. The summed E-state index contributed by atoms with van der Waals surface area (Å²) in [5.74, 6) is 1.53. The van der Waals surface area contributed by atoms with Crippen LogP contribution in [0.3, 0.4) is 0 Å². The van der Waals surface area contributed by atoms with Crippen LogP contribution < -0.4 is 9.80 Å². The van der Waals surface area contributed by atoms with Crippen molar-refractivity contribution in [2.45, 2.75) is 48.0 Å². The molecule has 2 heterocycles. The number of para-hydroxylation sites is 4. The Morgan fingerprint density at radius 1 is 0.442 bits per heavy atom. The number of hydrogen-bond acceptors (Lipinski definition) is 5. The maximum Gasteiger partial charge on any atom is 0.163 e. The van der Waals surface area contributed by atoms with E-state index in [1.165, 1.54) is 43.7 Å². The first kappa shape index (κ1) is 55.4. The van der Waals surface area contributed by atoms with E-state index in [0.717, 1.165) is 57.8 Å². The zero-order chi connectivity index (χ0) is 54.2. The van der Waals surface area contributed by atoms with E-state index < -0.39 is 0 Å². The van der Waals surface area contributed by atoms with Crippen molar-refractivity contribution in [1.82, 2.24) is 19.5 Å². The number of allylic oxidation sites excluding steroid dienone is 3. The van der Waals surface area contributed by atoms with Gasteiger partial charge in [-0.05, 0) is 123 Å². The second-order valence-corrected chi connectivity index (χ2v) is 17.9. The van der Waals surface area contributed by atoms with E-state index in [4.69, 9.17) is 0 Å². The normalized spacial score (nSPS) is 10.3. The third-order valence-electron chi connectivity index (χ3n) is 12.3. The molecule has 0 N–H and O–H groups in total. The molecule has 11 rings (SSSR count). The minimum absolute atomic E-state index is 0.732. The van der Waals surface area contributed by atoms with Gasteiger partial charge >= 0.3 is 0 Å². The first-order valence-corrected chi connectivity index (χ1v) is 26.4. The lowest BCUT2D eigenvalue weighted by atomic mass is 10.1. The molecule has 77 heavy (non-hydrogen) atoms. The number of hydrogen-bond donors (Lipinski definition) is 0. The SMILES string of the molecule is C/C=C\Cc1ncnc(-c2ccccc2)n1.C=CC.CC.Cc1ccccc(C)cc2ccccc2c1.Cn1c2ccc(N(c3ccccc3)c3ccccc3)cc2c2cc(N(c3ccccc3)c3ccccc3)ccc21. The lowest BCUT2D eigenvalue weighted by molar-refractivity contribution is 0.939. The van der Waals surface area contributed by atoms with Crippen LogP contribution in [-0.2, 0) is 13.5 Å². The molecule has 2 aromatic heterocycles. The van der Waals surface area contributed by atoms with Gasteiger partial charge in [-0.25, -0.2) is 15.0 Å². The van der Waals surface area contributed by atoms with Crippen molar-refractivity contribution in [1.29, 1.82) is 0 Å². The number of aryl methyl sites for hydroxylation is 3. The number of rotatable bonds is 9. The van der Waals surface area contributed by atoms with Crippen molar-refractivity contribution in [3.63, 3.8) is 0 Å². The van der Waals surface area contributed by atoms with Crippen molar-refractivity contribution in [2.24, 2.45) is 7.05 Å². The van der Waals surface area contributed by atoms with E-state index in [9.17, 15) is 0 Å². The van der Waals surface area contributed by atoms with Crippen LogP contribution in [0.15, 0.2) is 280 Å². The summed E-state index contributed by atoms with van der Waals surface area (Å²) >= 11 is 0. The summed E-state index contributed by atoms with van der Waals surface area (Å²) in [5.41, 5.74) is 12.8. The average molecular weight is 1010 g/mol. The Kier molecular flexibility index (Phi) is 20.8. The molecular weight excluding hydrogens is 937 g/mol. The van der Waals surface area contributed by atoms with Crippen LogP contribution in [0.2, 0.25) is 0 Å². The smallest absolute Gasteiger partial charge is 0.163 e. The fourth-order valence-electron chi connectivity index (χ4n) is 8.83. The summed E-state index contributed by atoms with van der Waals surface area (Å²) < 4.78 is 2.29. The van der Waals surface area contributed by atoms with Gasteiger partial charge in [-0.15, -0.1) is 6.58 Å². The van der Waals surface area contributed by atoms with Gasteiger partial charge in [0.05, 0.1) is 0 Å². The second-order valence-electron chi connectivity index (χ2n) is 17.9. The van der Waals surface area contributed by atoms with E-state index in [-0.39, 0.29) is 0 Å². The topological polar surface area (TPSA) is 50.1 Å². The molecule has 0 fully saturated rings. The highest BCUT2D eigenvalue weighted by Crippen LogP contribution is 2.41. The van der Waals surface area contributed by atoms with Gasteiger partial charge in [0.15, 0.2) is 5.82 Å². The molecule has 0 aliphatic rings. The zero-order valence-corrected chi connectivity index (χ0v) is 45.6. The second kappa shape index (κ2) is 28.9. The summed E-state index contributed by atoms with van der Waals surface area (Å²) in [4.78, 5) is 17.4. The largest absolute Gasteiger partial charge is 0.344 e. The number of benzene rings is 8. The average Bonchev–Trinajstić information content (AvgIpc) is 3.77. The third kappa shape index (κ3) is 14.9. The van der Waals surface area contributed by atoms with Crippen molar-refractivity contribution >= 4 is 66.7 Å². The van der Waals surface area contributed by atoms with Gasteiger partial charge in [0.1, 0.15) is 12.2 Å².